The lowest BCUT2D eigenvalue weighted by Gasteiger charge is -2.20. The zero-order chi connectivity index (χ0) is 19.9. The minimum absolute atomic E-state index is 0.0474. The topological polar surface area (TPSA) is 109 Å². The molecule has 7 nitrogen and oxygen atoms in total. The lowest BCUT2D eigenvalue weighted by Crippen LogP contribution is -2.28. The molecule has 2 rings (SSSR count). The number of terminal acetylenes is 1. The Bertz CT molecular complexity index is 887. The van der Waals surface area contributed by atoms with Crippen LogP contribution in [0.5, 0.6) is 0 Å². The summed E-state index contributed by atoms with van der Waals surface area (Å²) in [5.41, 5.74) is -1.87. The fourth-order valence-electron chi connectivity index (χ4n) is 3.88. The molecule has 136 valence electrons. The van der Waals surface area contributed by atoms with Crippen molar-refractivity contribution >= 4 is 43.6 Å². The number of aromatic nitrogens is 1. The van der Waals surface area contributed by atoms with E-state index < -0.39 is 33.6 Å². The molecule has 0 spiro atoms. The van der Waals surface area contributed by atoms with Crippen LogP contribution in [0.3, 0.4) is 0 Å². The molecule has 1 aromatic heterocycles. The number of carboxylic acids is 1. The van der Waals surface area contributed by atoms with E-state index in [0.717, 1.165) is 0 Å². The van der Waals surface area contributed by atoms with Crippen LogP contribution in [0, 0.1) is 50.5 Å². The minimum Gasteiger partial charge on any atom is -0.481 e. The minimum atomic E-state index is -1.41. The number of carboxylic acid groups (broad SMARTS) is 1. The van der Waals surface area contributed by atoms with Gasteiger partial charge in [0.25, 0.3) is 0 Å². The number of rotatable bonds is 6. The lowest BCUT2D eigenvalue weighted by molar-refractivity contribution is -0.391. The van der Waals surface area contributed by atoms with Crippen LogP contribution >= 0.6 is 31.9 Å². The van der Waals surface area contributed by atoms with E-state index in [-0.39, 0.29) is 17.9 Å². The van der Waals surface area contributed by atoms with Crippen molar-refractivity contribution < 1.29 is 14.8 Å². The molecule has 1 saturated carbocycles. The highest BCUT2D eigenvalue weighted by molar-refractivity contribution is 9.28. The Balaban J connectivity index is 2.64. The van der Waals surface area contributed by atoms with Crippen molar-refractivity contribution in [2.45, 2.75) is 26.3 Å². The quantitative estimate of drug-likeness (QED) is 0.373. The van der Waals surface area contributed by atoms with Crippen LogP contribution in [0.2, 0.25) is 0 Å². The van der Waals surface area contributed by atoms with Gasteiger partial charge in [-0.2, -0.15) is 5.26 Å². The Hall–Kier alpha value is -2.10. The van der Waals surface area contributed by atoms with E-state index in [9.17, 15) is 25.3 Å². The molecule has 0 aliphatic heterocycles. The van der Waals surface area contributed by atoms with Crippen LogP contribution in [0.1, 0.15) is 25.3 Å². The Morgan fingerprint density at radius 1 is 1.62 bits per heavy atom. The summed E-state index contributed by atoms with van der Waals surface area (Å²) in [5, 5.41) is 31.0. The maximum Gasteiger partial charge on any atom is 0.324 e. The van der Waals surface area contributed by atoms with Gasteiger partial charge in [-0.05, 0) is 42.2 Å². The van der Waals surface area contributed by atoms with Gasteiger partial charge >= 0.3 is 11.8 Å². The third-order valence-corrected chi connectivity index (χ3v) is 5.69. The van der Waals surface area contributed by atoms with E-state index >= 15 is 0 Å². The van der Waals surface area contributed by atoms with Gasteiger partial charge in [0.15, 0.2) is 6.54 Å². The smallest absolute Gasteiger partial charge is 0.324 e. The Morgan fingerprint density at radius 2 is 2.23 bits per heavy atom. The second-order valence-corrected chi connectivity index (χ2v) is 9.39. The normalized spacial score (nSPS) is 24.0. The molecule has 1 aromatic rings. The molecule has 9 heteroatoms. The van der Waals surface area contributed by atoms with Crippen molar-refractivity contribution in [3.05, 3.63) is 37.4 Å². The van der Waals surface area contributed by atoms with Crippen LogP contribution in [-0.4, -0.2) is 20.6 Å². The Kier molecular flexibility index (Phi) is 5.36. The van der Waals surface area contributed by atoms with E-state index in [0.29, 0.717) is 3.39 Å². The average molecular weight is 485 g/mol. The van der Waals surface area contributed by atoms with E-state index in [1.165, 1.54) is 16.8 Å². The number of nitro groups is 1. The third-order valence-electron chi connectivity index (χ3n) is 5.16. The standard InChI is InChI=1S/C17H15Br2N3O4/c1-4-5-21-9-10(6-14(21)22(25)26)11(8-20)17(15(23)24)12(7-13(18)19)16(17,2)3/h1,6-7,9,11-12H,5H2,2-3H3,(H,23,24)/t11-,12-,17+/m0/s1. The molecule has 1 aliphatic rings. The number of carbonyl (C=O) groups is 1. The van der Waals surface area contributed by atoms with E-state index in [1.807, 2.05) is 0 Å². The number of allylic oxidation sites excluding steroid dienone is 1. The molecule has 0 bridgehead atoms. The Morgan fingerprint density at radius 3 is 2.65 bits per heavy atom. The van der Waals surface area contributed by atoms with E-state index in [4.69, 9.17) is 6.42 Å². The van der Waals surface area contributed by atoms with Gasteiger partial charge in [0.05, 0.1) is 21.6 Å². The molecule has 0 aromatic carbocycles. The van der Waals surface area contributed by atoms with Gasteiger partial charge in [0.1, 0.15) is 5.41 Å². The maximum atomic E-state index is 12.2. The highest BCUT2D eigenvalue weighted by Crippen LogP contribution is 2.75. The van der Waals surface area contributed by atoms with Crippen LogP contribution < -0.4 is 0 Å². The summed E-state index contributed by atoms with van der Waals surface area (Å²) in [6.07, 6.45) is 8.34. The summed E-state index contributed by atoms with van der Waals surface area (Å²) in [6.45, 7) is 3.49. The first-order valence-electron chi connectivity index (χ1n) is 7.49. The van der Waals surface area contributed by atoms with Gasteiger partial charge in [0, 0.05) is 17.5 Å². The molecular formula is C17H15Br2N3O4. The summed E-state index contributed by atoms with van der Waals surface area (Å²) in [4.78, 5) is 22.9. The van der Waals surface area contributed by atoms with Crippen LogP contribution in [-0.2, 0) is 11.3 Å². The van der Waals surface area contributed by atoms with Crippen molar-refractivity contribution in [2.75, 3.05) is 0 Å². The zero-order valence-electron chi connectivity index (χ0n) is 13.9. The summed E-state index contributed by atoms with van der Waals surface area (Å²) in [6, 6.07) is 3.29. The highest BCUT2D eigenvalue weighted by atomic mass is 79.9. The van der Waals surface area contributed by atoms with Crippen molar-refractivity contribution in [1.29, 1.82) is 5.26 Å². The SMILES string of the molecule is C#CCn1cc([C@H](C#N)[C@]2(C(=O)O)[C@@H](C=C(Br)Br)C2(C)C)cc1[N+](=O)[O-]. The fourth-order valence-corrected chi connectivity index (χ4v) is 4.41. The molecule has 1 fully saturated rings. The monoisotopic (exact) mass is 483 g/mol. The van der Waals surface area contributed by atoms with E-state index in [1.54, 1.807) is 19.9 Å². The first-order valence-corrected chi connectivity index (χ1v) is 9.08. The van der Waals surface area contributed by atoms with Gasteiger partial charge < -0.3 is 15.2 Å². The Labute approximate surface area is 167 Å². The molecule has 26 heavy (non-hydrogen) atoms. The number of aliphatic carboxylic acids is 1. The van der Waals surface area contributed by atoms with Crippen LogP contribution in [0.15, 0.2) is 21.7 Å². The number of hydrogen-bond acceptors (Lipinski definition) is 4. The van der Waals surface area contributed by atoms with Gasteiger partial charge in [-0.25, -0.2) is 4.57 Å². The average Bonchev–Trinajstić information content (AvgIpc) is 2.83. The molecule has 1 N–H and O–H groups in total. The lowest BCUT2D eigenvalue weighted by atomic mass is 9.79. The second-order valence-electron chi connectivity index (χ2n) is 6.61. The molecule has 3 atom stereocenters. The van der Waals surface area contributed by atoms with Crippen molar-refractivity contribution in [3.8, 4) is 18.4 Å². The molecular weight excluding hydrogens is 470 g/mol. The summed E-state index contributed by atoms with van der Waals surface area (Å²) in [7, 11) is 0. The first kappa shape index (κ1) is 20.2. The highest BCUT2D eigenvalue weighted by Gasteiger charge is 2.78. The number of nitriles is 1. The number of hydrogen-bond donors (Lipinski definition) is 1. The van der Waals surface area contributed by atoms with E-state index in [2.05, 4.69) is 43.8 Å². The van der Waals surface area contributed by atoms with Gasteiger partial charge in [-0.15, -0.1) is 6.42 Å². The molecule has 0 saturated heterocycles. The van der Waals surface area contributed by atoms with Crippen molar-refractivity contribution in [2.24, 2.45) is 16.7 Å². The van der Waals surface area contributed by atoms with Crippen molar-refractivity contribution in [1.82, 2.24) is 4.57 Å². The predicted octanol–water partition coefficient (Wildman–Crippen LogP) is 3.99. The first-order chi connectivity index (χ1) is 12.0. The van der Waals surface area contributed by atoms with Crippen LogP contribution in [0.25, 0.3) is 0 Å². The maximum absolute atomic E-state index is 12.2. The second kappa shape index (κ2) is 6.90. The zero-order valence-corrected chi connectivity index (χ0v) is 17.1. The van der Waals surface area contributed by atoms with Gasteiger partial charge in [-0.1, -0.05) is 25.8 Å². The molecule has 1 aliphatic carbocycles. The van der Waals surface area contributed by atoms with Crippen LogP contribution in [0.4, 0.5) is 5.82 Å². The van der Waals surface area contributed by atoms with Crippen molar-refractivity contribution in [3.63, 3.8) is 0 Å². The number of nitrogens with zero attached hydrogens (tertiary/aromatic N) is 3. The third kappa shape index (κ3) is 2.85. The molecule has 0 unspecified atom stereocenters. The summed E-state index contributed by atoms with van der Waals surface area (Å²) in [5.74, 6) is -0.598. The van der Waals surface area contributed by atoms with Gasteiger partial charge in [0.2, 0.25) is 0 Å². The molecule has 1 heterocycles. The number of halogens is 2. The molecule has 0 radical (unpaired) electrons. The summed E-state index contributed by atoms with van der Waals surface area (Å²) < 4.78 is 1.81. The molecule has 0 amide bonds. The predicted molar refractivity (Wildman–Crippen MR) is 102 cm³/mol. The largest absolute Gasteiger partial charge is 0.481 e. The summed E-state index contributed by atoms with van der Waals surface area (Å²) >= 11 is 6.47. The fraction of sp³-hybridized carbons (Fsp3) is 0.412. The van der Waals surface area contributed by atoms with Gasteiger partial charge in [-0.3, -0.25) is 4.79 Å².